The molecule has 3 rings (SSSR count). The maximum absolute atomic E-state index is 13.1. The predicted octanol–water partition coefficient (Wildman–Crippen LogP) is 2.63. The molecule has 6 heteroatoms. The number of carbonyl (C=O) groups excluding carboxylic acids is 2. The van der Waals surface area contributed by atoms with Crippen molar-refractivity contribution in [2.75, 3.05) is 33.8 Å². The second-order valence-electron chi connectivity index (χ2n) is 8.07. The second-order valence-corrected chi connectivity index (χ2v) is 8.07. The Morgan fingerprint density at radius 1 is 1.17 bits per heavy atom. The largest absolute Gasteiger partial charge is 0.361 e. The molecule has 29 heavy (non-hydrogen) atoms. The molecule has 0 bridgehead atoms. The van der Waals surface area contributed by atoms with Gasteiger partial charge in [0.05, 0.1) is 13.2 Å². The van der Waals surface area contributed by atoms with Gasteiger partial charge in [0.25, 0.3) is 5.91 Å². The van der Waals surface area contributed by atoms with Crippen molar-refractivity contribution in [3.63, 3.8) is 0 Å². The number of aromatic nitrogens is 1. The Bertz CT molecular complexity index is 849. The van der Waals surface area contributed by atoms with Crippen molar-refractivity contribution in [1.82, 2.24) is 14.8 Å². The highest BCUT2D eigenvalue weighted by molar-refractivity contribution is 5.87. The highest BCUT2D eigenvalue weighted by Gasteiger charge is 2.46. The van der Waals surface area contributed by atoms with Gasteiger partial charge in [-0.3, -0.25) is 14.6 Å². The molecule has 1 aromatic carbocycles. The molecule has 1 aliphatic heterocycles. The fraction of sp³-hybridized carbons (Fsp3) is 0.435. The fourth-order valence-electron chi connectivity index (χ4n) is 3.74. The highest BCUT2D eigenvalue weighted by atomic mass is 16.5. The standard InChI is InChI=1S/C23H29N3O3/c1-17(2)21(27)26-12-13-29-23(16-26,22(28)25(3)4)14-18-7-9-19(10-8-18)20-6-5-11-24-15-20/h5-11,15,17H,12-14,16H2,1-4H3. The van der Waals surface area contributed by atoms with E-state index in [4.69, 9.17) is 4.74 Å². The van der Waals surface area contributed by atoms with E-state index in [2.05, 4.69) is 4.98 Å². The van der Waals surface area contributed by atoms with E-state index in [9.17, 15) is 9.59 Å². The maximum Gasteiger partial charge on any atom is 0.256 e. The van der Waals surface area contributed by atoms with E-state index in [1.807, 2.05) is 56.4 Å². The number of carbonyl (C=O) groups is 2. The van der Waals surface area contributed by atoms with Crippen LogP contribution in [0.2, 0.25) is 0 Å². The Labute approximate surface area is 172 Å². The molecule has 0 spiro atoms. The molecular weight excluding hydrogens is 366 g/mol. The lowest BCUT2D eigenvalue weighted by Gasteiger charge is -2.43. The molecule has 2 heterocycles. The number of rotatable bonds is 5. The molecule has 0 N–H and O–H groups in total. The van der Waals surface area contributed by atoms with Gasteiger partial charge < -0.3 is 14.5 Å². The molecule has 1 aromatic heterocycles. The van der Waals surface area contributed by atoms with Crippen LogP contribution >= 0.6 is 0 Å². The molecule has 1 atom stereocenters. The Balaban J connectivity index is 1.86. The monoisotopic (exact) mass is 395 g/mol. The first-order valence-corrected chi connectivity index (χ1v) is 9.96. The lowest BCUT2D eigenvalue weighted by atomic mass is 9.89. The molecule has 0 saturated carbocycles. The first-order chi connectivity index (χ1) is 13.8. The summed E-state index contributed by atoms with van der Waals surface area (Å²) in [6, 6.07) is 12.0. The van der Waals surface area contributed by atoms with Crippen LogP contribution in [0, 0.1) is 5.92 Å². The molecule has 1 aliphatic rings. The zero-order valence-corrected chi connectivity index (χ0v) is 17.6. The summed E-state index contributed by atoms with van der Waals surface area (Å²) in [7, 11) is 3.45. The SMILES string of the molecule is CC(C)C(=O)N1CCOC(Cc2ccc(-c3cccnc3)cc2)(C(=O)N(C)C)C1. The third kappa shape index (κ3) is 4.65. The van der Waals surface area contributed by atoms with Gasteiger partial charge in [-0.25, -0.2) is 0 Å². The summed E-state index contributed by atoms with van der Waals surface area (Å²) in [4.78, 5) is 33.2. The van der Waals surface area contributed by atoms with Crippen LogP contribution in [0.1, 0.15) is 19.4 Å². The molecule has 2 aromatic rings. The molecule has 154 valence electrons. The molecule has 6 nitrogen and oxygen atoms in total. The van der Waals surface area contributed by atoms with Gasteiger partial charge in [0.1, 0.15) is 0 Å². The minimum atomic E-state index is -1.07. The zero-order chi connectivity index (χ0) is 21.0. The van der Waals surface area contributed by atoms with Gasteiger partial charge in [0.15, 0.2) is 5.60 Å². The van der Waals surface area contributed by atoms with Crippen LogP contribution in [0.3, 0.4) is 0 Å². The predicted molar refractivity (Wildman–Crippen MR) is 112 cm³/mol. The van der Waals surface area contributed by atoms with Crippen molar-refractivity contribution in [2.45, 2.75) is 25.9 Å². The van der Waals surface area contributed by atoms with Crippen molar-refractivity contribution in [3.05, 3.63) is 54.4 Å². The number of benzene rings is 1. The van der Waals surface area contributed by atoms with E-state index in [1.165, 1.54) is 0 Å². The average molecular weight is 396 g/mol. The number of nitrogens with zero attached hydrogens (tertiary/aromatic N) is 3. The molecule has 1 saturated heterocycles. The van der Waals surface area contributed by atoms with E-state index >= 15 is 0 Å². The first-order valence-electron chi connectivity index (χ1n) is 9.96. The minimum absolute atomic E-state index is 0.0520. The number of pyridine rings is 1. The number of amides is 2. The molecular formula is C23H29N3O3. The van der Waals surface area contributed by atoms with Crippen molar-refractivity contribution in [3.8, 4) is 11.1 Å². The summed E-state index contributed by atoms with van der Waals surface area (Å²) < 4.78 is 6.07. The third-order valence-corrected chi connectivity index (χ3v) is 5.23. The molecule has 1 unspecified atom stereocenters. The highest BCUT2D eigenvalue weighted by Crippen LogP contribution is 2.28. The zero-order valence-electron chi connectivity index (χ0n) is 17.6. The van der Waals surface area contributed by atoms with Crippen molar-refractivity contribution in [2.24, 2.45) is 5.92 Å². The van der Waals surface area contributed by atoms with Crippen LogP contribution in [0.5, 0.6) is 0 Å². The van der Waals surface area contributed by atoms with Gasteiger partial charge in [0, 0.05) is 45.4 Å². The van der Waals surface area contributed by atoms with Crippen LogP contribution in [0.15, 0.2) is 48.8 Å². The number of likely N-dealkylation sites (N-methyl/N-ethyl adjacent to an activating group) is 1. The minimum Gasteiger partial charge on any atom is -0.361 e. The Morgan fingerprint density at radius 3 is 2.48 bits per heavy atom. The van der Waals surface area contributed by atoms with E-state index in [0.29, 0.717) is 19.6 Å². The van der Waals surface area contributed by atoms with Gasteiger partial charge in [-0.05, 0) is 22.8 Å². The van der Waals surface area contributed by atoms with Crippen molar-refractivity contribution >= 4 is 11.8 Å². The Hall–Kier alpha value is -2.73. The van der Waals surface area contributed by atoms with Gasteiger partial charge >= 0.3 is 0 Å². The average Bonchev–Trinajstić information content (AvgIpc) is 2.73. The molecule has 1 fully saturated rings. The second kappa shape index (κ2) is 8.74. The number of hydrogen-bond donors (Lipinski definition) is 0. The number of ether oxygens (including phenoxy) is 1. The summed E-state index contributed by atoms with van der Waals surface area (Å²) >= 11 is 0. The summed E-state index contributed by atoms with van der Waals surface area (Å²) in [5, 5.41) is 0. The normalized spacial score (nSPS) is 19.3. The van der Waals surface area contributed by atoms with Gasteiger partial charge in [-0.15, -0.1) is 0 Å². The topological polar surface area (TPSA) is 62.7 Å². The van der Waals surface area contributed by atoms with E-state index < -0.39 is 5.60 Å². The molecule has 0 radical (unpaired) electrons. The summed E-state index contributed by atoms with van der Waals surface area (Å²) in [5.41, 5.74) is 2.03. The van der Waals surface area contributed by atoms with Gasteiger partial charge in [-0.2, -0.15) is 0 Å². The van der Waals surface area contributed by atoms with Gasteiger partial charge in [-0.1, -0.05) is 44.2 Å². The van der Waals surface area contributed by atoms with E-state index in [0.717, 1.165) is 16.7 Å². The van der Waals surface area contributed by atoms with E-state index in [1.54, 1.807) is 30.1 Å². The smallest absolute Gasteiger partial charge is 0.256 e. The quantitative estimate of drug-likeness (QED) is 0.781. The lowest BCUT2D eigenvalue weighted by molar-refractivity contribution is -0.173. The van der Waals surface area contributed by atoms with Crippen molar-refractivity contribution < 1.29 is 14.3 Å². The van der Waals surface area contributed by atoms with Gasteiger partial charge in [0.2, 0.25) is 5.91 Å². The van der Waals surface area contributed by atoms with Crippen LogP contribution in [-0.2, 0) is 20.7 Å². The summed E-state index contributed by atoms with van der Waals surface area (Å²) in [6.45, 7) is 4.89. The molecule has 2 amide bonds. The maximum atomic E-state index is 13.1. The third-order valence-electron chi connectivity index (χ3n) is 5.23. The number of hydrogen-bond acceptors (Lipinski definition) is 4. The lowest BCUT2D eigenvalue weighted by Crippen LogP contribution is -2.62. The van der Waals surface area contributed by atoms with E-state index in [-0.39, 0.29) is 24.3 Å². The summed E-state index contributed by atoms with van der Waals surface area (Å²) in [6.07, 6.45) is 3.99. The molecule has 0 aliphatic carbocycles. The van der Waals surface area contributed by atoms with Crippen LogP contribution in [0.25, 0.3) is 11.1 Å². The Kier molecular flexibility index (Phi) is 6.33. The van der Waals surface area contributed by atoms with Crippen molar-refractivity contribution in [1.29, 1.82) is 0 Å². The summed E-state index contributed by atoms with van der Waals surface area (Å²) in [5.74, 6) is -0.176. The van der Waals surface area contributed by atoms with Crippen LogP contribution in [0.4, 0.5) is 0 Å². The fourth-order valence-corrected chi connectivity index (χ4v) is 3.74. The Morgan fingerprint density at radius 2 is 1.90 bits per heavy atom. The van der Waals surface area contributed by atoms with Crippen LogP contribution in [-0.4, -0.2) is 66.0 Å². The number of morpholine rings is 1. The van der Waals surface area contributed by atoms with Crippen LogP contribution < -0.4 is 0 Å². The first kappa shape index (κ1) is 21.0.